The van der Waals surface area contributed by atoms with Gasteiger partial charge in [0, 0.05) is 23.1 Å². The van der Waals surface area contributed by atoms with Crippen molar-refractivity contribution in [2.45, 2.75) is 25.4 Å². The second-order valence-corrected chi connectivity index (χ2v) is 5.51. The van der Waals surface area contributed by atoms with Crippen LogP contribution in [0.1, 0.15) is 34.3 Å². The molecule has 3 heteroatoms. The number of benzene rings is 2. The van der Waals surface area contributed by atoms with Gasteiger partial charge in [-0.15, -0.1) is 0 Å². The summed E-state index contributed by atoms with van der Waals surface area (Å²) >= 11 is 0. The first-order valence-electron chi connectivity index (χ1n) is 6.85. The number of hydrogen-bond acceptors (Lipinski definition) is 3. The summed E-state index contributed by atoms with van der Waals surface area (Å²) < 4.78 is 11.4. The Kier molecular flexibility index (Phi) is 2.28. The highest BCUT2D eigenvalue weighted by Gasteiger charge is 2.43. The summed E-state index contributed by atoms with van der Waals surface area (Å²) in [5.41, 5.74) is 4.62. The molecule has 0 aromatic heterocycles. The van der Waals surface area contributed by atoms with Crippen LogP contribution >= 0.6 is 0 Å². The third kappa shape index (κ3) is 1.35. The van der Waals surface area contributed by atoms with Gasteiger partial charge in [-0.25, -0.2) is 0 Å². The molecular weight excluding hydrogens is 252 g/mol. The van der Waals surface area contributed by atoms with Crippen LogP contribution in [0, 0.1) is 6.92 Å². The predicted molar refractivity (Wildman–Crippen MR) is 75.7 cm³/mol. The zero-order valence-electron chi connectivity index (χ0n) is 11.5. The van der Waals surface area contributed by atoms with E-state index in [1.54, 1.807) is 13.2 Å². The van der Waals surface area contributed by atoms with Gasteiger partial charge in [-0.2, -0.15) is 0 Å². The summed E-state index contributed by atoms with van der Waals surface area (Å²) in [5, 5.41) is 10.2. The molecule has 0 amide bonds. The van der Waals surface area contributed by atoms with Crippen LogP contribution in [0.5, 0.6) is 17.2 Å². The molecule has 0 saturated carbocycles. The van der Waals surface area contributed by atoms with Gasteiger partial charge in [0.05, 0.1) is 7.11 Å². The van der Waals surface area contributed by atoms with Crippen molar-refractivity contribution in [3.05, 3.63) is 52.6 Å². The van der Waals surface area contributed by atoms with Gasteiger partial charge in [-0.05, 0) is 24.5 Å². The van der Waals surface area contributed by atoms with Crippen LogP contribution in [0.15, 0.2) is 30.3 Å². The predicted octanol–water partition coefficient (Wildman–Crippen LogP) is 3.48. The number of phenolic OH excluding ortho intramolecular Hbond substituents is 1. The number of ether oxygens (including phenoxy) is 2. The standard InChI is InChI=1S/C17H16O3/c1-9-15-12-7-10-5-3-4-6-11(10)17(12)20-13(15)8-14(19-2)16(9)18/h3-6,8,12,17-18H,7H2,1-2H3. The van der Waals surface area contributed by atoms with Crippen molar-refractivity contribution in [2.24, 2.45) is 0 Å². The van der Waals surface area contributed by atoms with Crippen molar-refractivity contribution in [2.75, 3.05) is 7.11 Å². The number of hydrogen-bond donors (Lipinski definition) is 1. The molecule has 4 rings (SSSR count). The Labute approximate surface area is 117 Å². The lowest BCUT2D eigenvalue weighted by atomic mass is 9.91. The maximum Gasteiger partial charge on any atom is 0.164 e. The molecule has 0 bridgehead atoms. The van der Waals surface area contributed by atoms with E-state index in [0.717, 1.165) is 23.3 Å². The van der Waals surface area contributed by atoms with E-state index in [0.29, 0.717) is 11.7 Å². The van der Waals surface area contributed by atoms with Crippen LogP contribution in [0.25, 0.3) is 0 Å². The molecule has 0 saturated heterocycles. The highest BCUT2D eigenvalue weighted by atomic mass is 16.5. The molecular formula is C17H16O3. The summed E-state index contributed by atoms with van der Waals surface area (Å²) in [6.07, 6.45) is 1.05. The molecule has 20 heavy (non-hydrogen) atoms. The van der Waals surface area contributed by atoms with Crippen molar-refractivity contribution in [1.82, 2.24) is 0 Å². The van der Waals surface area contributed by atoms with Gasteiger partial charge >= 0.3 is 0 Å². The second-order valence-electron chi connectivity index (χ2n) is 5.51. The summed E-state index contributed by atoms with van der Waals surface area (Å²) in [5.74, 6) is 1.86. The molecule has 2 aliphatic rings. The number of methoxy groups -OCH3 is 1. The van der Waals surface area contributed by atoms with Gasteiger partial charge in [-0.3, -0.25) is 0 Å². The van der Waals surface area contributed by atoms with Gasteiger partial charge < -0.3 is 14.6 Å². The van der Waals surface area contributed by atoms with Gasteiger partial charge in [0.15, 0.2) is 11.5 Å². The summed E-state index contributed by atoms with van der Waals surface area (Å²) in [6, 6.07) is 10.2. The van der Waals surface area contributed by atoms with E-state index in [-0.39, 0.29) is 11.9 Å². The highest BCUT2D eigenvalue weighted by Crippen LogP contribution is 2.56. The van der Waals surface area contributed by atoms with Crippen LogP contribution in [0.3, 0.4) is 0 Å². The van der Waals surface area contributed by atoms with E-state index in [1.807, 2.05) is 6.92 Å². The molecule has 0 fully saturated rings. The zero-order valence-corrected chi connectivity index (χ0v) is 11.5. The molecule has 2 aromatic rings. The van der Waals surface area contributed by atoms with Crippen LogP contribution in [-0.4, -0.2) is 12.2 Å². The lowest BCUT2D eigenvalue weighted by Gasteiger charge is -2.12. The van der Waals surface area contributed by atoms with Gasteiger partial charge in [0.2, 0.25) is 0 Å². The zero-order chi connectivity index (χ0) is 13.9. The van der Waals surface area contributed by atoms with E-state index in [1.165, 1.54) is 11.1 Å². The number of rotatable bonds is 1. The third-order valence-corrected chi connectivity index (χ3v) is 4.53. The Balaban J connectivity index is 1.86. The Morgan fingerprint density at radius 1 is 1.30 bits per heavy atom. The lowest BCUT2D eigenvalue weighted by molar-refractivity contribution is 0.222. The first-order valence-corrected chi connectivity index (χ1v) is 6.85. The molecule has 1 N–H and O–H groups in total. The van der Waals surface area contributed by atoms with E-state index >= 15 is 0 Å². The van der Waals surface area contributed by atoms with Crippen LogP contribution in [-0.2, 0) is 6.42 Å². The average Bonchev–Trinajstić information content (AvgIpc) is 2.98. The van der Waals surface area contributed by atoms with Crippen molar-refractivity contribution in [3.8, 4) is 17.2 Å². The maximum absolute atomic E-state index is 10.2. The summed E-state index contributed by atoms with van der Waals surface area (Å²) in [4.78, 5) is 0. The van der Waals surface area contributed by atoms with Crippen LogP contribution in [0.2, 0.25) is 0 Å². The largest absolute Gasteiger partial charge is 0.504 e. The molecule has 2 atom stereocenters. The Bertz CT molecular complexity index is 706. The fourth-order valence-electron chi connectivity index (χ4n) is 3.57. The monoisotopic (exact) mass is 268 g/mol. The van der Waals surface area contributed by atoms with Gasteiger partial charge in [-0.1, -0.05) is 24.3 Å². The fourth-order valence-corrected chi connectivity index (χ4v) is 3.57. The Hall–Kier alpha value is -2.16. The topological polar surface area (TPSA) is 38.7 Å². The van der Waals surface area contributed by atoms with Crippen molar-refractivity contribution >= 4 is 0 Å². The average molecular weight is 268 g/mol. The Morgan fingerprint density at radius 2 is 2.10 bits per heavy atom. The normalized spacial score (nSPS) is 21.9. The molecule has 3 nitrogen and oxygen atoms in total. The maximum atomic E-state index is 10.2. The van der Waals surface area contributed by atoms with Gasteiger partial charge in [0.1, 0.15) is 11.9 Å². The molecule has 1 heterocycles. The smallest absolute Gasteiger partial charge is 0.164 e. The quantitative estimate of drug-likeness (QED) is 0.860. The molecule has 102 valence electrons. The van der Waals surface area contributed by atoms with Gasteiger partial charge in [0.25, 0.3) is 0 Å². The third-order valence-electron chi connectivity index (χ3n) is 4.53. The lowest BCUT2D eigenvalue weighted by Crippen LogP contribution is -2.03. The number of fused-ring (bicyclic) bond motifs is 5. The minimum Gasteiger partial charge on any atom is -0.504 e. The first-order chi connectivity index (χ1) is 9.70. The van der Waals surface area contributed by atoms with E-state index in [4.69, 9.17) is 9.47 Å². The molecule has 2 aromatic carbocycles. The Morgan fingerprint density at radius 3 is 2.90 bits per heavy atom. The van der Waals surface area contributed by atoms with E-state index < -0.39 is 0 Å². The summed E-state index contributed by atoms with van der Waals surface area (Å²) in [7, 11) is 1.56. The van der Waals surface area contributed by atoms with Crippen molar-refractivity contribution in [1.29, 1.82) is 0 Å². The second kappa shape index (κ2) is 3.92. The van der Waals surface area contributed by atoms with E-state index in [9.17, 15) is 5.11 Å². The fraction of sp³-hybridized carbons (Fsp3) is 0.294. The SMILES string of the molecule is COc1cc2c(c(C)c1O)C1Cc3ccccc3C1O2. The molecule has 0 spiro atoms. The number of aromatic hydroxyl groups is 1. The van der Waals surface area contributed by atoms with Crippen LogP contribution in [0.4, 0.5) is 0 Å². The van der Waals surface area contributed by atoms with Crippen LogP contribution < -0.4 is 9.47 Å². The van der Waals surface area contributed by atoms with E-state index in [2.05, 4.69) is 24.3 Å². The molecule has 1 aliphatic heterocycles. The van der Waals surface area contributed by atoms with Crippen molar-refractivity contribution in [3.63, 3.8) is 0 Å². The minimum absolute atomic E-state index is 0.0754. The minimum atomic E-state index is 0.0754. The first kappa shape index (κ1) is 11.6. The number of phenols is 1. The summed E-state index contributed by atoms with van der Waals surface area (Å²) in [6.45, 7) is 1.94. The molecule has 0 radical (unpaired) electrons. The molecule has 2 unspecified atom stereocenters. The molecule has 1 aliphatic carbocycles. The van der Waals surface area contributed by atoms with Crippen molar-refractivity contribution < 1.29 is 14.6 Å². The highest BCUT2D eigenvalue weighted by molar-refractivity contribution is 5.61.